The molecule has 1 amide bonds. The molecule has 1 saturated carbocycles. The van der Waals surface area contributed by atoms with E-state index in [1.165, 1.54) is 5.56 Å². The lowest BCUT2D eigenvalue weighted by molar-refractivity contribution is -0.119. The Morgan fingerprint density at radius 3 is 2.67 bits per heavy atom. The highest BCUT2D eigenvalue weighted by atomic mass is 16.5. The first-order valence-electron chi connectivity index (χ1n) is 7.63. The number of aryl methyl sites for hydroxylation is 1. The average molecular weight is 284 g/mol. The molecule has 1 fully saturated rings. The number of carbonyl (C=O) groups excluding carboxylic acids is 1. The van der Waals surface area contributed by atoms with Gasteiger partial charge in [-0.15, -0.1) is 0 Å². The minimum absolute atomic E-state index is 0.0523. The number of carbonyl (C=O) groups is 1. The summed E-state index contributed by atoms with van der Waals surface area (Å²) in [7, 11) is 0. The quantitative estimate of drug-likeness (QED) is 0.922. The van der Waals surface area contributed by atoms with E-state index < -0.39 is 0 Å². The van der Waals surface area contributed by atoms with Crippen molar-refractivity contribution in [3.8, 4) is 11.3 Å². The Kier molecular flexibility index (Phi) is 4.04. The number of rotatable bonds is 4. The predicted octanol–water partition coefficient (Wildman–Crippen LogP) is 4.03. The number of anilines is 1. The Balaban J connectivity index is 1.68. The van der Waals surface area contributed by atoms with Crippen LogP contribution in [0.4, 0.5) is 5.88 Å². The van der Waals surface area contributed by atoms with Crippen LogP contribution >= 0.6 is 0 Å². The molecular weight excluding hydrogens is 264 g/mol. The van der Waals surface area contributed by atoms with Crippen molar-refractivity contribution in [2.75, 3.05) is 5.32 Å². The van der Waals surface area contributed by atoms with E-state index in [0.29, 0.717) is 5.88 Å². The third kappa shape index (κ3) is 3.15. The standard InChI is InChI=1S/C17H20N2O2/c1-2-12-7-9-13(10-8-12)15-11-16(21-19-15)18-17(20)14-5-3-4-6-14/h7-11,14H,2-6H2,1H3,(H,18,20). The van der Waals surface area contributed by atoms with Gasteiger partial charge in [0.2, 0.25) is 11.8 Å². The zero-order valence-electron chi connectivity index (χ0n) is 12.3. The van der Waals surface area contributed by atoms with Gasteiger partial charge in [0.25, 0.3) is 0 Å². The molecule has 0 radical (unpaired) electrons. The third-order valence-corrected chi connectivity index (χ3v) is 4.14. The number of hydrogen-bond acceptors (Lipinski definition) is 3. The normalized spacial score (nSPS) is 15.3. The van der Waals surface area contributed by atoms with Gasteiger partial charge in [0.15, 0.2) is 0 Å². The first-order chi connectivity index (χ1) is 10.3. The van der Waals surface area contributed by atoms with Gasteiger partial charge in [0.05, 0.1) is 0 Å². The van der Waals surface area contributed by atoms with Crippen LogP contribution in [0.3, 0.4) is 0 Å². The number of benzene rings is 1. The van der Waals surface area contributed by atoms with E-state index in [1.54, 1.807) is 6.07 Å². The summed E-state index contributed by atoms with van der Waals surface area (Å²) in [6, 6.07) is 10.0. The van der Waals surface area contributed by atoms with Gasteiger partial charge in [0, 0.05) is 17.5 Å². The lowest BCUT2D eigenvalue weighted by Gasteiger charge is -2.06. The average Bonchev–Trinajstić information content (AvgIpc) is 3.19. The number of amides is 1. The van der Waals surface area contributed by atoms with Gasteiger partial charge >= 0.3 is 0 Å². The van der Waals surface area contributed by atoms with Crippen molar-refractivity contribution >= 4 is 11.8 Å². The van der Waals surface area contributed by atoms with Gasteiger partial charge in [-0.2, -0.15) is 0 Å². The first kappa shape index (κ1) is 13.9. The van der Waals surface area contributed by atoms with E-state index in [-0.39, 0.29) is 11.8 Å². The van der Waals surface area contributed by atoms with E-state index in [4.69, 9.17) is 4.52 Å². The first-order valence-corrected chi connectivity index (χ1v) is 7.63. The van der Waals surface area contributed by atoms with E-state index in [9.17, 15) is 4.79 Å². The Morgan fingerprint density at radius 1 is 1.29 bits per heavy atom. The molecule has 1 aliphatic carbocycles. The summed E-state index contributed by atoms with van der Waals surface area (Å²) in [5.74, 6) is 0.611. The molecule has 2 aromatic rings. The topological polar surface area (TPSA) is 55.1 Å². The highest BCUT2D eigenvalue weighted by Gasteiger charge is 2.23. The molecule has 110 valence electrons. The number of nitrogens with one attached hydrogen (secondary N) is 1. The van der Waals surface area contributed by atoms with Gasteiger partial charge in [-0.1, -0.05) is 49.2 Å². The molecule has 0 spiro atoms. The second-order valence-electron chi connectivity index (χ2n) is 5.60. The minimum atomic E-state index is 0.0523. The Bertz CT molecular complexity index is 610. The zero-order chi connectivity index (χ0) is 14.7. The fraction of sp³-hybridized carbons (Fsp3) is 0.412. The van der Waals surface area contributed by atoms with Gasteiger partial charge in [-0.25, -0.2) is 0 Å². The Morgan fingerprint density at radius 2 is 2.00 bits per heavy atom. The number of aromatic nitrogens is 1. The summed E-state index contributed by atoms with van der Waals surface area (Å²) in [4.78, 5) is 12.0. The molecule has 0 bridgehead atoms. The largest absolute Gasteiger partial charge is 0.338 e. The molecule has 1 aromatic heterocycles. The molecule has 21 heavy (non-hydrogen) atoms. The van der Waals surface area contributed by atoms with Gasteiger partial charge in [0.1, 0.15) is 5.69 Å². The second kappa shape index (κ2) is 6.12. The molecule has 4 nitrogen and oxygen atoms in total. The highest BCUT2D eigenvalue weighted by Crippen LogP contribution is 2.27. The molecule has 4 heteroatoms. The SMILES string of the molecule is CCc1ccc(-c2cc(NC(=O)C3CCCC3)on2)cc1. The molecule has 1 aromatic carbocycles. The van der Waals surface area contributed by atoms with Crippen molar-refractivity contribution < 1.29 is 9.32 Å². The molecule has 1 aliphatic rings. The lowest BCUT2D eigenvalue weighted by Crippen LogP contribution is -2.19. The van der Waals surface area contributed by atoms with Crippen LogP contribution in [0.5, 0.6) is 0 Å². The molecule has 0 atom stereocenters. The zero-order valence-corrected chi connectivity index (χ0v) is 12.3. The maximum Gasteiger partial charge on any atom is 0.231 e. The molecule has 3 rings (SSSR count). The number of nitrogens with zero attached hydrogens (tertiary/aromatic N) is 1. The summed E-state index contributed by atoms with van der Waals surface area (Å²) >= 11 is 0. The summed E-state index contributed by atoms with van der Waals surface area (Å²) in [5, 5.41) is 6.86. The molecule has 0 aliphatic heterocycles. The Hall–Kier alpha value is -2.10. The van der Waals surface area contributed by atoms with E-state index in [0.717, 1.165) is 43.4 Å². The van der Waals surface area contributed by atoms with Crippen LogP contribution in [-0.2, 0) is 11.2 Å². The lowest BCUT2D eigenvalue weighted by atomic mass is 10.1. The fourth-order valence-corrected chi connectivity index (χ4v) is 2.79. The maximum atomic E-state index is 12.0. The highest BCUT2D eigenvalue weighted by molar-refractivity contribution is 5.91. The molecule has 1 N–H and O–H groups in total. The summed E-state index contributed by atoms with van der Waals surface area (Å²) in [6.07, 6.45) is 5.26. The summed E-state index contributed by atoms with van der Waals surface area (Å²) < 4.78 is 5.22. The molecule has 0 unspecified atom stereocenters. The molecular formula is C17H20N2O2. The predicted molar refractivity (Wildman–Crippen MR) is 81.9 cm³/mol. The maximum absolute atomic E-state index is 12.0. The van der Waals surface area contributed by atoms with Crippen molar-refractivity contribution in [3.05, 3.63) is 35.9 Å². The van der Waals surface area contributed by atoms with Gasteiger partial charge in [-0.05, 0) is 24.8 Å². The third-order valence-electron chi connectivity index (χ3n) is 4.14. The summed E-state index contributed by atoms with van der Waals surface area (Å²) in [5.41, 5.74) is 3.04. The molecule has 0 saturated heterocycles. The van der Waals surface area contributed by atoms with E-state index >= 15 is 0 Å². The van der Waals surface area contributed by atoms with Crippen LogP contribution in [0.2, 0.25) is 0 Å². The smallest absolute Gasteiger partial charge is 0.231 e. The van der Waals surface area contributed by atoms with Gasteiger partial charge < -0.3 is 4.52 Å². The van der Waals surface area contributed by atoms with Crippen molar-refractivity contribution in [1.82, 2.24) is 5.16 Å². The molecule has 1 heterocycles. The summed E-state index contributed by atoms with van der Waals surface area (Å²) in [6.45, 7) is 2.13. The van der Waals surface area contributed by atoms with Crippen molar-refractivity contribution in [2.24, 2.45) is 5.92 Å². The minimum Gasteiger partial charge on any atom is -0.338 e. The van der Waals surface area contributed by atoms with Crippen LogP contribution in [0, 0.1) is 5.92 Å². The monoisotopic (exact) mass is 284 g/mol. The second-order valence-corrected chi connectivity index (χ2v) is 5.60. The van der Waals surface area contributed by atoms with Crippen LogP contribution in [0.15, 0.2) is 34.9 Å². The van der Waals surface area contributed by atoms with Crippen LogP contribution in [0.1, 0.15) is 38.2 Å². The van der Waals surface area contributed by atoms with Crippen LogP contribution < -0.4 is 5.32 Å². The Labute approximate surface area is 124 Å². The van der Waals surface area contributed by atoms with Crippen molar-refractivity contribution in [1.29, 1.82) is 0 Å². The fourth-order valence-electron chi connectivity index (χ4n) is 2.79. The van der Waals surface area contributed by atoms with Crippen LogP contribution in [-0.4, -0.2) is 11.1 Å². The van der Waals surface area contributed by atoms with Crippen molar-refractivity contribution in [2.45, 2.75) is 39.0 Å². The van der Waals surface area contributed by atoms with E-state index in [2.05, 4.69) is 29.5 Å². The van der Waals surface area contributed by atoms with E-state index in [1.807, 2.05) is 12.1 Å². The van der Waals surface area contributed by atoms with Crippen molar-refractivity contribution in [3.63, 3.8) is 0 Å². The van der Waals surface area contributed by atoms with Crippen LogP contribution in [0.25, 0.3) is 11.3 Å². The van der Waals surface area contributed by atoms with Gasteiger partial charge in [-0.3, -0.25) is 10.1 Å². The number of hydrogen-bond donors (Lipinski definition) is 1.